The van der Waals surface area contributed by atoms with E-state index in [2.05, 4.69) is 27.0 Å². The van der Waals surface area contributed by atoms with E-state index in [1.54, 1.807) is 6.92 Å². The number of hydrogen-bond donors (Lipinski definition) is 2. The van der Waals surface area contributed by atoms with Crippen LogP contribution < -0.4 is 5.32 Å². The zero-order valence-electron chi connectivity index (χ0n) is 14.3. The van der Waals surface area contributed by atoms with Crippen LogP contribution in [0.5, 0.6) is 0 Å². The minimum absolute atomic E-state index is 0.388. The van der Waals surface area contributed by atoms with E-state index in [0.29, 0.717) is 18.8 Å². The predicted molar refractivity (Wildman–Crippen MR) is 93.0 cm³/mol. The zero-order chi connectivity index (χ0) is 17.2. The van der Waals surface area contributed by atoms with Gasteiger partial charge in [0.1, 0.15) is 22.9 Å². The third-order valence-corrected chi connectivity index (χ3v) is 4.07. The van der Waals surface area contributed by atoms with Gasteiger partial charge in [0.2, 0.25) is 0 Å². The number of rotatable bonds is 6. The van der Waals surface area contributed by atoms with Crippen molar-refractivity contribution >= 4 is 0 Å². The van der Waals surface area contributed by atoms with E-state index in [0.717, 1.165) is 23.0 Å². The number of aryl methyl sites for hydroxylation is 2. The summed E-state index contributed by atoms with van der Waals surface area (Å²) in [4.78, 5) is 4.41. The van der Waals surface area contributed by atoms with Gasteiger partial charge in [-0.2, -0.15) is 0 Å². The van der Waals surface area contributed by atoms with Crippen molar-refractivity contribution in [3.05, 3.63) is 71.7 Å². The van der Waals surface area contributed by atoms with Gasteiger partial charge in [-0.25, -0.2) is 4.98 Å². The van der Waals surface area contributed by atoms with E-state index in [9.17, 15) is 5.11 Å². The lowest BCUT2D eigenvalue weighted by Gasteiger charge is -2.21. The van der Waals surface area contributed by atoms with Crippen LogP contribution in [0.3, 0.4) is 0 Å². The van der Waals surface area contributed by atoms with Crippen LogP contribution in [0.2, 0.25) is 0 Å². The number of aromatic nitrogens is 2. The minimum atomic E-state index is -1.05. The monoisotopic (exact) mass is 325 g/mol. The molecule has 1 atom stereocenters. The highest BCUT2D eigenvalue weighted by Gasteiger charge is 2.26. The molecule has 0 aliphatic rings. The molecule has 2 N–H and O–H groups in total. The average Bonchev–Trinajstić information content (AvgIpc) is 3.15. The summed E-state index contributed by atoms with van der Waals surface area (Å²) in [5.74, 6) is 2.30. The van der Waals surface area contributed by atoms with Gasteiger partial charge in [0.25, 0.3) is 0 Å². The maximum Gasteiger partial charge on any atom is 0.136 e. The molecule has 3 rings (SSSR count). The molecule has 0 aliphatic carbocycles. The van der Waals surface area contributed by atoms with Gasteiger partial charge >= 0.3 is 0 Å². The zero-order valence-corrected chi connectivity index (χ0v) is 14.3. The minimum Gasteiger partial charge on any atom is -0.463 e. The molecular formula is C19H23N3O2. The molecule has 5 nitrogen and oxygen atoms in total. The average molecular weight is 325 g/mol. The summed E-state index contributed by atoms with van der Waals surface area (Å²) in [7, 11) is 0. The molecule has 0 amide bonds. The first-order valence-electron chi connectivity index (χ1n) is 8.06. The molecule has 0 saturated heterocycles. The number of benzene rings is 1. The van der Waals surface area contributed by atoms with Crippen molar-refractivity contribution in [2.75, 3.05) is 6.54 Å². The van der Waals surface area contributed by atoms with E-state index in [1.165, 1.54) is 0 Å². The Labute approximate surface area is 142 Å². The van der Waals surface area contributed by atoms with E-state index in [-0.39, 0.29) is 0 Å². The highest BCUT2D eigenvalue weighted by atomic mass is 16.4. The Bertz CT molecular complexity index is 803. The van der Waals surface area contributed by atoms with Crippen LogP contribution in [0.4, 0.5) is 0 Å². The number of para-hydroxylation sites is 1. The topological polar surface area (TPSA) is 63.2 Å². The summed E-state index contributed by atoms with van der Waals surface area (Å²) >= 11 is 0. The van der Waals surface area contributed by atoms with Crippen LogP contribution in [-0.2, 0) is 12.1 Å². The lowest BCUT2D eigenvalue weighted by molar-refractivity contribution is 0.0332. The molecule has 1 aromatic carbocycles. The molecule has 5 heteroatoms. The predicted octanol–water partition coefficient (Wildman–Crippen LogP) is 3.08. The molecule has 0 spiro atoms. The molecule has 0 bridgehead atoms. The van der Waals surface area contributed by atoms with Gasteiger partial charge in [-0.05, 0) is 45.0 Å². The fourth-order valence-corrected chi connectivity index (χ4v) is 2.79. The Hall–Kier alpha value is -2.37. The van der Waals surface area contributed by atoms with Gasteiger partial charge in [-0.3, -0.25) is 4.57 Å². The van der Waals surface area contributed by atoms with Gasteiger partial charge in [-0.1, -0.05) is 18.2 Å². The maximum atomic E-state index is 10.6. The number of hydrogen-bond acceptors (Lipinski definition) is 4. The van der Waals surface area contributed by atoms with Gasteiger partial charge < -0.3 is 14.8 Å². The smallest absolute Gasteiger partial charge is 0.136 e. The number of aliphatic hydroxyl groups is 1. The van der Waals surface area contributed by atoms with E-state index in [4.69, 9.17) is 4.42 Å². The van der Waals surface area contributed by atoms with E-state index in [1.807, 2.05) is 50.4 Å². The van der Waals surface area contributed by atoms with Crippen LogP contribution in [-0.4, -0.2) is 21.2 Å². The number of nitrogens with one attached hydrogen (secondary N) is 1. The second-order valence-electron chi connectivity index (χ2n) is 6.26. The van der Waals surface area contributed by atoms with E-state index < -0.39 is 5.60 Å². The molecule has 0 fully saturated rings. The molecule has 0 aliphatic heterocycles. The van der Waals surface area contributed by atoms with Gasteiger partial charge in [-0.15, -0.1) is 0 Å². The maximum absolute atomic E-state index is 10.6. The Morgan fingerprint density at radius 3 is 2.58 bits per heavy atom. The lowest BCUT2D eigenvalue weighted by atomic mass is 10.0. The molecular weight excluding hydrogens is 302 g/mol. The molecule has 126 valence electrons. The Balaban J connectivity index is 1.70. The van der Waals surface area contributed by atoms with Crippen LogP contribution in [0, 0.1) is 13.8 Å². The summed E-state index contributed by atoms with van der Waals surface area (Å²) in [6, 6.07) is 13.8. The first-order valence-corrected chi connectivity index (χ1v) is 8.06. The van der Waals surface area contributed by atoms with Crippen molar-refractivity contribution in [2.24, 2.45) is 0 Å². The SMILES string of the molecule is Cc1ccc([C@](C)(O)CNCc2cnc(C)n2-c2ccccc2)o1. The molecule has 3 aromatic rings. The van der Waals surface area contributed by atoms with Crippen molar-refractivity contribution < 1.29 is 9.52 Å². The number of imidazole rings is 1. The number of furan rings is 1. The number of nitrogens with zero attached hydrogens (tertiary/aromatic N) is 2. The van der Waals surface area contributed by atoms with Crippen molar-refractivity contribution in [1.82, 2.24) is 14.9 Å². The first-order chi connectivity index (χ1) is 11.5. The first kappa shape index (κ1) is 16.5. The summed E-state index contributed by atoms with van der Waals surface area (Å²) < 4.78 is 7.65. The fraction of sp³-hybridized carbons (Fsp3) is 0.316. The molecule has 2 heterocycles. The quantitative estimate of drug-likeness (QED) is 0.731. The second-order valence-corrected chi connectivity index (χ2v) is 6.26. The van der Waals surface area contributed by atoms with Crippen LogP contribution in [0.1, 0.15) is 30.0 Å². The standard InChI is InChI=1S/C19H23N3O2/c1-14-9-10-18(24-14)19(3,23)13-20-11-17-12-21-15(2)22(17)16-7-5-4-6-8-16/h4-10,12,20,23H,11,13H2,1-3H3/t19-/m1/s1. The highest BCUT2D eigenvalue weighted by Crippen LogP contribution is 2.22. The van der Waals surface area contributed by atoms with Crippen molar-refractivity contribution in [3.63, 3.8) is 0 Å². The van der Waals surface area contributed by atoms with Gasteiger partial charge in [0.15, 0.2) is 0 Å². The summed E-state index contributed by atoms with van der Waals surface area (Å²) in [6.07, 6.45) is 1.86. The van der Waals surface area contributed by atoms with Crippen molar-refractivity contribution in [2.45, 2.75) is 32.9 Å². The summed E-state index contributed by atoms with van der Waals surface area (Å²) in [6.45, 7) is 6.59. The largest absolute Gasteiger partial charge is 0.463 e. The molecule has 2 aromatic heterocycles. The Kier molecular flexibility index (Phi) is 4.55. The summed E-state index contributed by atoms with van der Waals surface area (Å²) in [5, 5.41) is 13.9. The third kappa shape index (κ3) is 3.42. The van der Waals surface area contributed by atoms with Crippen LogP contribution in [0.25, 0.3) is 5.69 Å². The van der Waals surface area contributed by atoms with E-state index >= 15 is 0 Å². The van der Waals surface area contributed by atoms with Crippen molar-refractivity contribution in [3.8, 4) is 5.69 Å². The third-order valence-electron chi connectivity index (χ3n) is 4.07. The van der Waals surface area contributed by atoms with Crippen LogP contribution >= 0.6 is 0 Å². The molecule has 0 unspecified atom stereocenters. The second kappa shape index (κ2) is 6.63. The van der Waals surface area contributed by atoms with Gasteiger partial charge in [0.05, 0.1) is 11.9 Å². The highest BCUT2D eigenvalue weighted by molar-refractivity contribution is 5.35. The molecule has 24 heavy (non-hydrogen) atoms. The van der Waals surface area contributed by atoms with Crippen LogP contribution in [0.15, 0.2) is 53.1 Å². The lowest BCUT2D eigenvalue weighted by Crippen LogP contribution is -2.35. The van der Waals surface area contributed by atoms with Crippen molar-refractivity contribution in [1.29, 1.82) is 0 Å². The fourth-order valence-electron chi connectivity index (χ4n) is 2.79. The molecule has 0 saturated carbocycles. The normalized spacial score (nSPS) is 13.8. The summed E-state index contributed by atoms with van der Waals surface area (Å²) in [5.41, 5.74) is 1.07. The Morgan fingerprint density at radius 2 is 1.92 bits per heavy atom. The van der Waals surface area contributed by atoms with Gasteiger partial charge in [0, 0.05) is 18.8 Å². The Morgan fingerprint density at radius 1 is 1.17 bits per heavy atom. The molecule has 0 radical (unpaired) electrons.